The number of carbonyl (C=O) groups is 1. The van der Waals surface area contributed by atoms with Gasteiger partial charge in [0.05, 0.1) is 23.3 Å². The van der Waals surface area contributed by atoms with Crippen LogP contribution in [0.3, 0.4) is 0 Å². The van der Waals surface area contributed by atoms with Crippen molar-refractivity contribution in [2.24, 2.45) is 0 Å². The van der Waals surface area contributed by atoms with Crippen LogP contribution in [-0.4, -0.2) is 29.6 Å². The average Bonchev–Trinajstić information content (AvgIpc) is 2.84. The van der Waals surface area contributed by atoms with Gasteiger partial charge in [-0.15, -0.1) is 11.3 Å². The quantitative estimate of drug-likeness (QED) is 0.847. The van der Waals surface area contributed by atoms with E-state index in [1.54, 1.807) is 11.3 Å². The number of methoxy groups -OCH3 is 1. The molecule has 19 heavy (non-hydrogen) atoms. The summed E-state index contributed by atoms with van der Waals surface area (Å²) < 4.78 is 5.68. The highest BCUT2D eigenvalue weighted by molar-refractivity contribution is 9.11. The summed E-state index contributed by atoms with van der Waals surface area (Å²) in [5.41, 5.74) is 0.204. The molecule has 0 aliphatic rings. The topological polar surface area (TPSA) is 64.1 Å². The SMILES string of the molecule is COC(=O)c1cnc(NCCc2ccc(Br)s2)cn1. The Morgan fingerprint density at radius 2 is 2.26 bits per heavy atom. The standard InChI is InChI=1S/C12H12BrN3O2S/c1-18-12(17)9-6-16-11(7-15-9)14-5-4-8-2-3-10(13)19-8/h2-3,6-7H,4-5H2,1H3,(H,14,16). The molecule has 7 heteroatoms. The van der Waals surface area contributed by atoms with E-state index >= 15 is 0 Å². The molecule has 0 aromatic carbocycles. The van der Waals surface area contributed by atoms with E-state index in [1.165, 1.54) is 24.4 Å². The number of hydrogen-bond donors (Lipinski definition) is 1. The Balaban J connectivity index is 1.84. The van der Waals surface area contributed by atoms with Crippen molar-refractivity contribution in [2.75, 3.05) is 19.0 Å². The Bertz CT molecular complexity index is 556. The third-order valence-corrected chi connectivity index (χ3v) is 4.04. The Labute approximate surface area is 123 Å². The molecule has 0 atom stereocenters. The smallest absolute Gasteiger partial charge is 0.358 e. The van der Waals surface area contributed by atoms with Gasteiger partial charge in [-0.25, -0.2) is 14.8 Å². The number of nitrogens with one attached hydrogen (secondary N) is 1. The fraction of sp³-hybridized carbons (Fsp3) is 0.250. The maximum Gasteiger partial charge on any atom is 0.358 e. The molecule has 0 spiro atoms. The number of ether oxygens (including phenoxy) is 1. The first-order chi connectivity index (χ1) is 9.19. The van der Waals surface area contributed by atoms with Crippen LogP contribution in [0.25, 0.3) is 0 Å². The summed E-state index contributed by atoms with van der Waals surface area (Å²) >= 11 is 5.14. The Kier molecular flexibility index (Phi) is 4.86. The molecule has 0 saturated carbocycles. The van der Waals surface area contributed by atoms with Crippen molar-refractivity contribution in [1.29, 1.82) is 0 Å². The predicted molar refractivity (Wildman–Crippen MR) is 77.6 cm³/mol. The van der Waals surface area contributed by atoms with E-state index in [-0.39, 0.29) is 5.69 Å². The summed E-state index contributed by atoms with van der Waals surface area (Å²) in [6.45, 7) is 0.763. The lowest BCUT2D eigenvalue weighted by Gasteiger charge is -2.04. The number of esters is 1. The number of halogens is 1. The van der Waals surface area contributed by atoms with Gasteiger partial charge in [0, 0.05) is 11.4 Å². The van der Waals surface area contributed by atoms with E-state index in [1.807, 2.05) is 6.07 Å². The summed E-state index contributed by atoms with van der Waals surface area (Å²) in [7, 11) is 1.31. The molecule has 0 bridgehead atoms. The summed E-state index contributed by atoms with van der Waals surface area (Å²) in [5.74, 6) is 0.158. The number of nitrogens with zero attached hydrogens (tertiary/aromatic N) is 2. The van der Waals surface area contributed by atoms with Gasteiger partial charge in [-0.3, -0.25) is 0 Å². The number of anilines is 1. The van der Waals surface area contributed by atoms with Crippen LogP contribution in [0.1, 0.15) is 15.4 Å². The van der Waals surface area contributed by atoms with Crippen LogP contribution in [0.15, 0.2) is 28.3 Å². The van der Waals surface area contributed by atoms with Crippen LogP contribution < -0.4 is 5.32 Å². The van der Waals surface area contributed by atoms with Gasteiger partial charge in [0.15, 0.2) is 5.69 Å². The van der Waals surface area contributed by atoms with Gasteiger partial charge >= 0.3 is 5.97 Å². The zero-order chi connectivity index (χ0) is 13.7. The van der Waals surface area contributed by atoms with Crippen molar-refractivity contribution in [1.82, 2.24) is 9.97 Å². The molecule has 2 heterocycles. The molecule has 0 saturated heterocycles. The van der Waals surface area contributed by atoms with Crippen LogP contribution in [0.2, 0.25) is 0 Å². The number of hydrogen-bond acceptors (Lipinski definition) is 6. The summed E-state index contributed by atoms with van der Waals surface area (Å²) in [5, 5.41) is 3.15. The van der Waals surface area contributed by atoms with Crippen molar-refractivity contribution in [3.8, 4) is 0 Å². The number of aromatic nitrogens is 2. The summed E-state index contributed by atoms with van der Waals surface area (Å²) in [4.78, 5) is 20.5. The third-order valence-electron chi connectivity index (χ3n) is 2.35. The minimum atomic E-state index is -0.484. The molecule has 2 aromatic rings. The number of thiophene rings is 1. The summed E-state index contributed by atoms with van der Waals surface area (Å²) in [6.07, 6.45) is 3.84. The van der Waals surface area contributed by atoms with Gasteiger partial charge in [-0.1, -0.05) is 0 Å². The molecule has 0 aliphatic heterocycles. The second-order valence-corrected chi connectivity index (χ2v) is 6.21. The Morgan fingerprint density at radius 3 is 2.84 bits per heavy atom. The van der Waals surface area contributed by atoms with Crippen molar-refractivity contribution < 1.29 is 9.53 Å². The molecule has 2 aromatic heterocycles. The second kappa shape index (κ2) is 6.63. The van der Waals surface area contributed by atoms with E-state index in [2.05, 4.69) is 42.0 Å². The zero-order valence-electron chi connectivity index (χ0n) is 10.2. The first-order valence-electron chi connectivity index (χ1n) is 5.57. The third kappa shape index (κ3) is 4.00. The molecular formula is C12H12BrN3O2S. The van der Waals surface area contributed by atoms with Gasteiger partial charge in [-0.2, -0.15) is 0 Å². The van der Waals surface area contributed by atoms with Crippen LogP contribution in [0, 0.1) is 0 Å². The zero-order valence-corrected chi connectivity index (χ0v) is 12.6. The first-order valence-corrected chi connectivity index (χ1v) is 7.18. The minimum Gasteiger partial charge on any atom is -0.464 e. The monoisotopic (exact) mass is 341 g/mol. The maximum absolute atomic E-state index is 11.2. The fourth-order valence-electron chi connectivity index (χ4n) is 1.43. The van der Waals surface area contributed by atoms with Gasteiger partial charge in [0.1, 0.15) is 5.82 Å². The Morgan fingerprint density at radius 1 is 1.42 bits per heavy atom. The van der Waals surface area contributed by atoms with E-state index in [4.69, 9.17) is 0 Å². The number of rotatable bonds is 5. The highest BCUT2D eigenvalue weighted by atomic mass is 79.9. The van der Waals surface area contributed by atoms with Gasteiger partial charge in [-0.05, 0) is 34.5 Å². The Hall–Kier alpha value is -1.47. The average molecular weight is 342 g/mol. The minimum absolute atomic E-state index is 0.204. The molecular weight excluding hydrogens is 330 g/mol. The van der Waals surface area contributed by atoms with Gasteiger partial charge < -0.3 is 10.1 Å². The fourth-order valence-corrected chi connectivity index (χ4v) is 2.91. The highest BCUT2D eigenvalue weighted by Crippen LogP contribution is 2.22. The van der Waals surface area contributed by atoms with E-state index in [9.17, 15) is 4.79 Å². The normalized spacial score (nSPS) is 10.2. The molecule has 0 fully saturated rings. The first kappa shape index (κ1) is 14.0. The molecule has 1 N–H and O–H groups in total. The predicted octanol–water partition coefficient (Wildman–Crippen LogP) is 2.74. The van der Waals surface area contributed by atoms with Crippen molar-refractivity contribution in [3.63, 3.8) is 0 Å². The molecule has 5 nitrogen and oxygen atoms in total. The lowest BCUT2D eigenvalue weighted by atomic mass is 10.3. The molecule has 0 aliphatic carbocycles. The largest absolute Gasteiger partial charge is 0.464 e. The second-order valence-electron chi connectivity index (χ2n) is 3.66. The van der Waals surface area contributed by atoms with Crippen LogP contribution in [0.4, 0.5) is 5.82 Å². The lowest BCUT2D eigenvalue weighted by molar-refractivity contribution is 0.0593. The van der Waals surface area contributed by atoms with Crippen molar-refractivity contribution in [2.45, 2.75) is 6.42 Å². The highest BCUT2D eigenvalue weighted by Gasteiger charge is 2.07. The van der Waals surface area contributed by atoms with E-state index in [0.29, 0.717) is 5.82 Å². The maximum atomic E-state index is 11.2. The van der Waals surface area contributed by atoms with E-state index < -0.39 is 5.97 Å². The number of carbonyl (C=O) groups excluding carboxylic acids is 1. The molecule has 0 radical (unpaired) electrons. The van der Waals surface area contributed by atoms with Crippen molar-refractivity contribution in [3.05, 3.63) is 38.9 Å². The van der Waals surface area contributed by atoms with Crippen molar-refractivity contribution >= 4 is 39.1 Å². The summed E-state index contributed by atoms with van der Waals surface area (Å²) in [6, 6.07) is 4.12. The van der Waals surface area contributed by atoms with E-state index in [0.717, 1.165) is 16.8 Å². The molecule has 0 amide bonds. The van der Waals surface area contributed by atoms with Crippen LogP contribution in [0.5, 0.6) is 0 Å². The van der Waals surface area contributed by atoms with Gasteiger partial charge in [0.25, 0.3) is 0 Å². The molecule has 100 valence electrons. The molecule has 0 unspecified atom stereocenters. The van der Waals surface area contributed by atoms with Crippen LogP contribution in [-0.2, 0) is 11.2 Å². The van der Waals surface area contributed by atoms with Crippen LogP contribution >= 0.6 is 27.3 Å². The molecule has 2 rings (SSSR count). The lowest BCUT2D eigenvalue weighted by Crippen LogP contribution is -2.09. The van der Waals surface area contributed by atoms with Gasteiger partial charge in [0.2, 0.25) is 0 Å².